The third-order valence-corrected chi connectivity index (χ3v) is 3.69. The quantitative estimate of drug-likeness (QED) is 0.840. The number of carbonyl (C=O) groups excluding carboxylic acids is 2. The number of benzene rings is 1. The Bertz CT molecular complexity index is 828. The number of rotatable bonds is 6. The van der Waals surface area contributed by atoms with Crippen LogP contribution in [0.4, 0.5) is 10.1 Å². The van der Waals surface area contributed by atoms with Crippen molar-refractivity contribution in [2.75, 3.05) is 5.32 Å². The molecule has 2 amide bonds. The maximum atomic E-state index is 12.9. The second-order valence-electron chi connectivity index (χ2n) is 5.58. The van der Waals surface area contributed by atoms with Crippen molar-refractivity contribution in [3.8, 4) is 0 Å². The molecule has 0 atom stereocenters. The third-order valence-electron chi connectivity index (χ3n) is 3.69. The fraction of sp³-hybridized carbons (Fsp3) is 0.278. The first kappa shape index (κ1) is 18.4. The van der Waals surface area contributed by atoms with E-state index >= 15 is 0 Å². The van der Waals surface area contributed by atoms with Gasteiger partial charge in [0, 0.05) is 18.7 Å². The van der Waals surface area contributed by atoms with Gasteiger partial charge in [0.15, 0.2) is 0 Å². The van der Waals surface area contributed by atoms with E-state index in [2.05, 4.69) is 10.6 Å². The van der Waals surface area contributed by atoms with Crippen LogP contribution in [0.25, 0.3) is 0 Å². The van der Waals surface area contributed by atoms with Crippen LogP contribution in [-0.4, -0.2) is 16.4 Å². The maximum absolute atomic E-state index is 12.9. The molecule has 2 rings (SSSR count). The van der Waals surface area contributed by atoms with E-state index in [1.165, 1.54) is 22.8 Å². The largest absolute Gasteiger partial charge is 0.350 e. The van der Waals surface area contributed by atoms with Gasteiger partial charge in [0.2, 0.25) is 11.8 Å². The summed E-state index contributed by atoms with van der Waals surface area (Å²) in [6.45, 7) is 3.46. The van der Waals surface area contributed by atoms with E-state index in [1.807, 2.05) is 0 Å². The zero-order chi connectivity index (χ0) is 18.4. The Morgan fingerprint density at radius 2 is 1.76 bits per heavy atom. The lowest BCUT2D eigenvalue weighted by Crippen LogP contribution is -2.34. The molecule has 25 heavy (non-hydrogen) atoms. The summed E-state index contributed by atoms with van der Waals surface area (Å²) in [6.07, 6.45) is 0.255. The second-order valence-corrected chi connectivity index (χ2v) is 5.58. The van der Waals surface area contributed by atoms with Gasteiger partial charge in [-0.2, -0.15) is 0 Å². The van der Waals surface area contributed by atoms with Crippen molar-refractivity contribution >= 4 is 17.5 Å². The number of carbonyl (C=O) groups is 2. The maximum Gasteiger partial charge on any atom is 0.274 e. The van der Waals surface area contributed by atoms with Crippen molar-refractivity contribution in [1.29, 1.82) is 0 Å². The molecular formula is C18H20FN3O3. The molecule has 0 saturated carbocycles. The van der Waals surface area contributed by atoms with Crippen molar-refractivity contribution < 1.29 is 14.0 Å². The molecule has 0 spiro atoms. The molecule has 0 bridgehead atoms. The zero-order valence-electron chi connectivity index (χ0n) is 14.1. The molecule has 0 aliphatic rings. The van der Waals surface area contributed by atoms with E-state index in [1.54, 1.807) is 32.0 Å². The third kappa shape index (κ3) is 5.00. The number of amides is 2. The fourth-order valence-electron chi connectivity index (χ4n) is 2.20. The Kier molecular flexibility index (Phi) is 6.05. The van der Waals surface area contributed by atoms with Gasteiger partial charge in [-0.1, -0.05) is 19.1 Å². The summed E-state index contributed by atoms with van der Waals surface area (Å²) in [5, 5.41) is 5.21. The normalized spacial score (nSPS) is 10.4. The van der Waals surface area contributed by atoms with Crippen LogP contribution in [0.1, 0.15) is 24.6 Å². The molecule has 1 heterocycles. The smallest absolute Gasteiger partial charge is 0.274 e. The average Bonchev–Trinajstić information content (AvgIpc) is 2.60. The number of hydrogen-bond acceptors (Lipinski definition) is 3. The Morgan fingerprint density at radius 3 is 2.40 bits per heavy atom. The molecule has 7 heteroatoms. The Labute approximate surface area is 144 Å². The van der Waals surface area contributed by atoms with Gasteiger partial charge in [-0.15, -0.1) is 0 Å². The van der Waals surface area contributed by atoms with Gasteiger partial charge in [0.1, 0.15) is 18.0 Å². The molecule has 1 aromatic heterocycles. The molecule has 0 radical (unpaired) electrons. The van der Waals surface area contributed by atoms with Gasteiger partial charge < -0.3 is 15.2 Å². The highest BCUT2D eigenvalue weighted by Gasteiger charge is 2.11. The van der Waals surface area contributed by atoms with Crippen molar-refractivity contribution in [3.63, 3.8) is 0 Å². The van der Waals surface area contributed by atoms with Crippen molar-refractivity contribution in [1.82, 2.24) is 9.88 Å². The van der Waals surface area contributed by atoms with E-state index in [0.717, 1.165) is 5.56 Å². The first-order chi connectivity index (χ1) is 11.9. The number of aryl methyl sites for hydroxylation is 1. The van der Waals surface area contributed by atoms with E-state index in [0.29, 0.717) is 5.69 Å². The minimum absolute atomic E-state index is 0.142. The molecule has 1 aromatic carbocycles. The summed E-state index contributed by atoms with van der Waals surface area (Å²) >= 11 is 0. The highest BCUT2D eigenvalue weighted by Crippen LogP contribution is 2.05. The number of pyridine rings is 1. The number of hydrogen-bond donors (Lipinski definition) is 2. The minimum Gasteiger partial charge on any atom is -0.350 e. The lowest BCUT2D eigenvalue weighted by Gasteiger charge is -2.12. The fourth-order valence-corrected chi connectivity index (χ4v) is 2.20. The summed E-state index contributed by atoms with van der Waals surface area (Å²) in [7, 11) is 0. The summed E-state index contributed by atoms with van der Waals surface area (Å²) in [6, 6.07) is 8.98. The SMILES string of the molecule is CCC(=O)Nc1ccc(C)n(CC(=O)NCc2ccc(F)cc2)c1=O. The summed E-state index contributed by atoms with van der Waals surface area (Å²) in [5.74, 6) is -0.968. The molecule has 6 nitrogen and oxygen atoms in total. The van der Waals surface area contributed by atoms with E-state index in [9.17, 15) is 18.8 Å². The van der Waals surface area contributed by atoms with Crippen LogP contribution in [0.15, 0.2) is 41.2 Å². The second kappa shape index (κ2) is 8.23. The Hall–Kier alpha value is -2.96. The standard InChI is InChI=1S/C18H20FN3O3/c1-3-16(23)21-15-9-4-12(2)22(18(15)25)11-17(24)20-10-13-5-7-14(19)8-6-13/h4-9H,3,10-11H2,1-2H3,(H,20,24)(H,21,23). The van der Waals surface area contributed by atoms with Crippen LogP contribution in [-0.2, 0) is 22.7 Å². The van der Waals surface area contributed by atoms with Crippen LogP contribution in [0, 0.1) is 12.7 Å². The van der Waals surface area contributed by atoms with Gasteiger partial charge in [-0.3, -0.25) is 14.4 Å². The monoisotopic (exact) mass is 345 g/mol. The minimum atomic E-state index is -0.432. The van der Waals surface area contributed by atoms with Crippen LogP contribution >= 0.6 is 0 Å². The zero-order valence-corrected chi connectivity index (χ0v) is 14.1. The van der Waals surface area contributed by atoms with Crippen LogP contribution in [0.2, 0.25) is 0 Å². The summed E-state index contributed by atoms with van der Waals surface area (Å²) in [5.41, 5.74) is 1.07. The van der Waals surface area contributed by atoms with Crippen LogP contribution in [0.3, 0.4) is 0 Å². The number of anilines is 1. The van der Waals surface area contributed by atoms with Crippen molar-refractivity contribution in [3.05, 3.63) is 63.8 Å². The molecule has 132 valence electrons. The number of nitrogens with zero attached hydrogens (tertiary/aromatic N) is 1. The predicted molar refractivity (Wildman–Crippen MR) is 92.6 cm³/mol. The summed E-state index contributed by atoms with van der Waals surface area (Å²) < 4.78 is 14.2. The Morgan fingerprint density at radius 1 is 1.08 bits per heavy atom. The summed E-state index contributed by atoms with van der Waals surface area (Å²) in [4.78, 5) is 36.0. The Balaban J connectivity index is 2.06. The lowest BCUT2D eigenvalue weighted by atomic mass is 10.2. The van der Waals surface area contributed by atoms with Gasteiger partial charge in [0.05, 0.1) is 0 Å². The molecule has 0 aliphatic carbocycles. The van der Waals surface area contributed by atoms with E-state index in [-0.39, 0.29) is 42.8 Å². The molecule has 0 aliphatic heterocycles. The van der Waals surface area contributed by atoms with Crippen molar-refractivity contribution in [2.45, 2.75) is 33.4 Å². The molecule has 2 N–H and O–H groups in total. The average molecular weight is 345 g/mol. The molecule has 0 unspecified atom stereocenters. The topological polar surface area (TPSA) is 80.2 Å². The molecule has 0 saturated heterocycles. The number of halogens is 1. The van der Waals surface area contributed by atoms with E-state index < -0.39 is 5.56 Å². The van der Waals surface area contributed by atoms with Crippen LogP contribution < -0.4 is 16.2 Å². The first-order valence-corrected chi connectivity index (χ1v) is 7.92. The van der Waals surface area contributed by atoms with Gasteiger partial charge >= 0.3 is 0 Å². The predicted octanol–water partition coefficient (Wildman–Crippen LogP) is 1.96. The molecular weight excluding hydrogens is 325 g/mol. The van der Waals surface area contributed by atoms with E-state index in [4.69, 9.17) is 0 Å². The van der Waals surface area contributed by atoms with Crippen molar-refractivity contribution in [2.24, 2.45) is 0 Å². The highest BCUT2D eigenvalue weighted by atomic mass is 19.1. The van der Waals surface area contributed by atoms with Gasteiger partial charge in [-0.05, 0) is 36.8 Å². The molecule has 2 aromatic rings. The van der Waals surface area contributed by atoms with Crippen LogP contribution in [0.5, 0.6) is 0 Å². The lowest BCUT2D eigenvalue weighted by molar-refractivity contribution is -0.122. The number of nitrogens with one attached hydrogen (secondary N) is 2. The number of aromatic nitrogens is 1. The molecule has 0 fully saturated rings. The first-order valence-electron chi connectivity index (χ1n) is 7.92. The van der Waals surface area contributed by atoms with Gasteiger partial charge in [-0.25, -0.2) is 4.39 Å². The van der Waals surface area contributed by atoms with Gasteiger partial charge in [0.25, 0.3) is 5.56 Å². The highest BCUT2D eigenvalue weighted by molar-refractivity contribution is 5.90.